The van der Waals surface area contributed by atoms with Crippen molar-refractivity contribution in [2.24, 2.45) is 5.73 Å². The second kappa shape index (κ2) is 12.3. The largest absolute Gasteiger partial charge is 0.354 e. The van der Waals surface area contributed by atoms with Crippen LogP contribution in [0, 0.1) is 0 Å². The highest BCUT2D eigenvalue weighted by molar-refractivity contribution is 6.30. The highest BCUT2D eigenvalue weighted by Gasteiger charge is 2.24. The second-order valence-electron chi connectivity index (χ2n) is 6.84. The number of likely N-dealkylation sites (tertiary alicyclic amines) is 1. The van der Waals surface area contributed by atoms with Gasteiger partial charge in [-0.15, -0.1) is 24.8 Å². The van der Waals surface area contributed by atoms with Crippen LogP contribution in [0.5, 0.6) is 0 Å². The highest BCUT2D eigenvalue weighted by atomic mass is 35.5. The molecular weight excluding hydrogens is 417 g/mol. The van der Waals surface area contributed by atoms with E-state index in [1.165, 1.54) is 12.8 Å². The zero-order valence-corrected chi connectivity index (χ0v) is 18.1. The third-order valence-corrected chi connectivity index (χ3v) is 5.18. The van der Waals surface area contributed by atoms with Crippen molar-refractivity contribution < 1.29 is 4.79 Å². The number of benzene rings is 2. The van der Waals surface area contributed by atoms with Gasteiger partial charge in [-0.2, -0.15) is 0 Å². The van der Waals surface area contributed by atoms with E-state index in [2.05, 4.69) is 16.3 Å². The lowest BCUT2D eigenvalue weighted by Gasteiger charge is -2.28. The van der Waals surface area contributed by atoms with Crippen molar-refractivity contribution in [3.63, 3.8) is 0 Å². The van der Waals surface area contributed by atoms with E-state index in [1.54, 1.807) is 0 Å². The molecule has 28 heavy (non-hydrogen) atoms. The number of nitrogens with one attached hydrogen (secondary N) is 1. The molecule has 0 bridgehead atoms. The van der Waals surface area contributed by atoms with Gasteiger partial charge in [0, 0.05) is 24.0 Å². The Morgan fingerprint density at radius 1 is 1.04 bits per heavy atom. The van der Waals surface area contributed by atoms with Crippen LogP contribution in [-0.2, 0) is 4.79 Å². The molecule has 1 heterocycles. The molecule has 0 spiro atoms. The van der Waals surface area contributed by atoms with Crippen LogP contribution in [0.4, 0.5) is 0 Å². The zero-order chi connectivity index (χ0) is 18.4. The van der Waals surface area contributed by atoms with Crippen LogP contribution in [0.1, 0.15) is 42.5 Å². The molecule has 0 saturated carbocycles. The molecule has 4 nitrogen and oxygen atoms in total. The van der Waals surface area contributed by atoms with Crippen LogP contribution in [0.25, 0.3) is 0 Å². The molecule has 1 aliphatic rings. The molecule has 1 saturated heterocycles. The SMILES string of the molecule is Cl.Cl.NC(CC(=O)NCC(c1cccc(Cl)c1)N1CCCC1)c1ccccc1. The van der Waals surface area contributed by atoms with Crippen LogP contribution in [0.2, 0.25) is 5.02 Å². The number of nitrogens with zero attached hydrogens (tertiary/aromatic N) is 1. The summed E-state index contributed by atoms with van der Waals surface area (Å²) in [5.74, 6) is -0.0208. The van der Waals surface area contributed by atoms with Gasteiger partial charge in [-0.3, -0.25) is 9.69 Å². The van der Waals surface area contributed by atoms with E-state index in [0.29, 0.717) is 6.54 Å². The lowest BCUT2D eigenvalue weighted by molar-refractivity contribution is -0.121. The Morgan fingerprint density at radius 2 is 1.68 bits per heavy atom. The first kappa shape index (κ1) is 24.7. The van der Waals surface area contributed by atoms with Crippen LogP contribution in [-0.4, -0.2) is 30.4 Å². The molecule has 7 heteroatoms. The first-order valence-corrected chi connectivity index (χ1v) is 9.58. The highest BCUT2D eigenvalue weighted by Crippen LogP contribution is 2.26. The van der Waals surface area contributed by atoms with Crippen molar-refractivity contribution in [1.29, 1.82) is 0 Å². The van der Waals surface area contributed by atoms with Crippen molar-refractivity contribution in [1.82, 2.24) is 10.2 Å². The number of halogens is 3. The van der Waals surface area contributed by atoms with Crippen LogP contribution in [0.15, 0.2) is 54.6 Å². The fraction of sp³-hybridized carbons (Fsp3) is 0.381. The van der Waals surface area contributed by atoms with E-state index >= 15 is 0 Å². The number of rotatable bonds is 7. The predicted octanol–water partition coefficient (Wildman–Crippen LogP) is 4.53. The van der Waals surface area contributed by atoms with Gasteiger partial charge in [-0.25, -0.2) is 0 Å². The molecule has 2 atom stereocenters. The summed E-state index contributed by atoms with van der Waals surface area (Å²) in [6.45, 7) is 2.67. The Hall–Kier alpha value is -1.30. The third-order valence-electron chi connectivity index (χ3n) is 4.94. The number of amides is 1. The van der Waals surface area contributed by atoms with Gasteiger partial charge in [0.2, 0.25) is 5.91 Å². The van der Waals surface area contributed by atoms with E-state index in [9.17, 15) is 4.79 Å². The van der Waals surface area contributed by atoms with E-state index in [0.717, 1.165) is 29.2 Å². The van der Waals surface area contributed by atoms with Gasteiger partial charge in [0.15, 0.2) is 0 Å². The van der Waals surface area contributed by atoms with Crippen molar-refractivity contribution in [3.05, 3.63) is 70.7 Å². The van der Waals surface area contributed by atoms with Gasteiger partial charge >= 0.3 is 0 Å². The average Bonchev–Trinajstić information content (AvgIpc) is 3.17. The number of hydrogen-bond donors (Lipinski definition) is 2. The molecule has 1 amide bonds. The van der Waals surface area contributed by atoms with Crippen molar-refractivity contribution >= 4 is 42.3 Å². The van der Waals surface area contributed by atoms with Crippen LogP contribution in [0.3, 0.4) is 0 Å². The number of carbonyl (C=O) groups excluding carboxylic acids is 1. The van der Waals surface area contributed by atoms with Crippen LogP contribution >= 0.6 is 36.4 Å². The molecule has 0 aromatic heterocycles. The maximum atomic E-state index is 12.4. The standard InChI is InChI=1S/C21H26ClN3O.2ClH/c22-18-10-6-9-17(13-18)20(25-11-4-5-12-25)15-24-21(26)14-19(23)16-7-2-1-3-8-16;;/h1-3,6-10,13,19-20H,4-5,11-12,14-15,23H2,(H,24,26);2*1H. The molecular formula is C21H28Cl3N3O. The average molecular weight is 445 g/mol. The van der Waals surface area contributed by atoms with Crippen LogP contribution < -0.4 is 11.1 Å². The number of hydrogen-bond acceptors (Lipinski definition) is 3. The van der Waals surface area contributed by atoms with Crippen molar-refractivity contribution in [3.8, 4) is 0 Å². The Balaban J connectivity index is 0.00000196. The van der Waals surface area contributed by atoms with E-state index in [1.807, 2.05) is 48.5 Å². The molecule has 3 rings (SSSR count). The molecule has 2 unspecified atom stereocenters. The second-order valence-corrected chi connectivity index (χ2v) is 7.28. The Kier molecular flexibility index (Phi) is 10.9. The summed E-state index contributed by atoms with van der Waals surface area (Å²) in [5.41, 5.74) is 8.29. The Morgan fingerprint density at radius 3 is 2.32 bits per heavy atom. The molecule has 154 valence electrons. The van der Waals surface area contributed by atoms with Gasteiger partial charge in [-0.05, 0) is 49.2 Å². The summed E-state index contributed by atoms with van der Waals surface area (Å²) in [4.78, 5) is 14.8. The van der Waals surface area contributed by atoms with Gasteiger partial charge in [0.25, 0.3) is 0 Å². The van der Waals surface area contributed by atoms with Gasteiger partial charge in [0.05, 0.1) is 6.04 Å². The third kappa shape index (κ3) is 6.94. The monoisotopic (exact) mass is 443 g/mol. The maximum absolute atomic E-state index is 12.4. The van der Waals surface area contributed by atoms with Gasteiger partial charge in [0.1, 0.15) is 0 Å². The van der Waals surface area contributed by atoms with E-state index in [4.69, 9.17) is 17.3 Å². The van der Waals surface area contributed by atoms with Crippen molar-refractivity contribution in [2.45, 2.75) is 31.3 Å². The topological polar surface area (TPSA) is 58.4 Å². The fourth-order valence-electron chi connectivity index (χ4n) is 3.53. The molecule has 2 aromatic carbocycles. The van der Waals surface area contributed by atoms with E-state index < -0.39 is 0 Å². The zero-order valence-electron chi connectivity index (χ0n) is 15.7. The quantitative estimate of drug-likeness (QED) is 0.660. The molecule has 0 aliphatic carbocycles. The first-order chi connectivity index (χ1) is 12.6. The summed E-state index contributed by atoms with van der Waals surface area (Å²) in [6.07, 6.45) is 2.68. The number of nitrogens with two attached hydrogens (primary N) is 1. The minimum absolute atomic E-state index is 0. The summed E-state index contributed by atoms with van der Waals surface area (Å²) in [5, 5.41) is 3.80. The smallest absolute Gasteiger partial charge is 0.221 e. The first-order valence-electron chi connectivity index (χ1n) is 9.20. The predicted molar refractivity (Wildman–Crippen MR) is 120 cm³/mol. The Bertz CT molecular complexity index is 724. The summed E-state index contributed by atoms with van der Waals surface area (Å²) in [7, 11) is 0. The molecule has 2 aromatic rings. The molecule has 1 aliphatic heterocycles. The maximum Gasteiger partial charge on any atom is 0.221 e. The lowest BCUT2D eigenvalue weighted by atomic mass is 10.0. The molecule has 1 fully saturated rings. The fourth-order valence-corrected chi connectivity index (χ4v) is 3.72. The van der Waals surface area contributed by atoms with Crippen molar-refractivity contribution in [2.75, 3.05) is 19.6 Å². The van der Waals surface area contributed by atoms with Gasteiger partial charge < -0.3 is 11.1 Å². The minimum atomic E-state index is -0.285. The summed E-state index contributed by atoms with van der Waals surface area (Å²) in [6, 6.07) is 17.5. The summed E-state index contributed by atoms with van der Waals surface area (Å²) >= 11 is 6.17. The van der Waals surface area contributed by atoms with E-state index in [-0.39, 0.29) is 49.2 Å². The lowest BCUT2D eigenvalue weighted by Crippen LogP contribution is -2.37. The molecule has 0 radical (unpaired) electrons. The summed E-state index contributed by atoms with van der Waals surface area (Å²) < 4.78 is 0. The number of carbonyl (C=O) groups is 1. The normalized spacial score (nSPS) is 15.8. The van der Waals surface area contributed by atoms with Gasteiger partial charge in [-0.1, -0.05) is 54.1 Å². The minimum Gasteiger partial charge on any atom is -0.354 e. The molecule has 3 N–H and O–H groups in total. The Labute approximate surface area is 184 Å².